The molecule has 0 bridgehead atoms. The predicted molar refractivity (Wildman–Crippen MR) is 39.2 cm³/mol. The molecule has 2 aliphatic rings. The van der Waals surface area contributed by atoms with Crippen LogP contribution in [0.4, 0.5) is 0 Å². The lowest BCUT2D eigenvalue weighted by Gasteiger charge is -2.41. The summed E-state index contributed by atoms with van der Waals surface area (Å²) in [5.74, 6) is 0.922. The normalized spacial score (nSPS) is 30.4. The van der Waals surface area contributed by atoms with Gasteiger partial charge in [0, 0.05) is 0 Å². The van der Waals surface area contributed by atoms with Crippen LogP contribution in [0.15, 0.2) is 23.8 Å². The average molecular weight is 120 g/mol. The summed E-state index contributed by atoms with van der Waals surface area (Å²) in [5.41, 5.74) is 3.54. The lowest BCUT2D eigenvalue weighted by atomic mass is 9.65. The summed E-state index contributed by atoms with van der Waals surface area (Å²) in [5, 5.41) is 0. The molecule has 0 aromatic rings. The number of hydrogen-bond donors (Lipinski definition) is 0. The molecule has 2 rings (SSSR count). The zero-order chi connectivity index (χ0) is 6.27. The van der Waals surface area contributed by atoms with Gasteiger partial charge in [-0.2, -0.15) is 0 Å². The molecule has 1 unspecified atom stereocenters. The van der Waals surface area contributed by atoms with Gasteiger partial charge < -0.3 is 0 Å². The van der Waals surface area contributed by atoms with Crippen LogP contribution < -0.4 is 0 Å². The van der Waals surface area contributed by atoms with Crippen molar-refractivity contribution in [3.05, 3.63) is 23.8 Å². The van der Waals surface area contributed by atoms with E-state index in [0.29, 0.717) is 0 Å². The number of hydrogen-bond acceptors (Lipinski definition) is 0. The second-order valence-electron chi connectivity index (χ2n) is 3.05. The highest BCUT2D eigenvalue weighted by molar-refractivity contribution is 5.36. The van der Waals surface area contributed by atoms with Crippen LogP contribution in [0.3, 0.4) is 0 Å². The Hall–Kier alpha value is -0.520. The molecule has 0 saturated heterocycles. The minimum atomic E-state index is 0.922. The first kappa shape index (κ1) is 5.28. The van der Waals surface area contributed by atoms with Crippen molar-refractivity contribution in [3.63, 3.8) is 0 Å². The third-order valence-corrected chi connectivity index (χ3v) is 2.59. The summed E-state index contributed by atoms with van der Waals surface area (Å²) >= 11 is 0. The van der Waals surface area contributed by atoms with E-state index in [1.807, 2.05) is 6.08 Å². The van der Waals surface area contributed by atoms with Crippen LogP contribution in [-0.2, 0) is 0 Å². The van der Waals surface area contributed by atoms with Gasteiger partial charge in [-0.25, -0.2) is 0 Å². The topological polar surface area (TPSA) is 0 Å². The van der Waals surface area contributed by atoms with Crippen LogP contribution in [0, 0.1) is 5.92 Å². The zero-order valence-corrected chi connectivity index (χ0v) is 5.69. The molecule has 1 atom stereocenters. The van der Waals surface area contributed by atoms with Crippen molar-refractivity contribution < 1.29 is 0 Å². The molecule has 0 aromatic carbocycles. The summed E-state index contributed by atoms with van der Waals surface area (Å²) in [4.78, 5) is 0. The first-order chi connectivity index (χ1) is 4.42. The molecule has 0 amide bonds. The fourth-order valence-electron chi connectivity index (χ4n) is 1.89. The van der Waals surface area contributed by atoms with E-state index in [1.54, 1.807) is 11.1 Å². The molecule has 0 fully saturated rings. The van der Waals surface area contributed by atoms with Gasteiger partial charge in [-0.05, 0) is 31.6 Å². The van der Waals surface area contributed by atoms with Crippen molar-refractivity contribution in [2.45, 2.75) is 25.7 Å². The van der Waals surface area contributed by atoms with Crippen molar-refractivity contribution in [2.75, 3.05) is 0 Å². The Kier molecular flexibility index (Phi) is 1.01. The lowest BCUT2D eigenvalue weighted by Crippen LogP contribution is -2.25. The molecule has 0 aliphatic heterocycles. The summed E-state index contributed by atoms with van der Waals surface area (Å²) in [6, 6.07) is 0. The van der Waals surface area contributed by atoms with E-state index in [0.717, 1.165) is 5.92 Å². The third kappa shape index (κ3) is 0.592. The Bertz CT molecular complexity index is 172. The predicted octanol–water partition coefficient (Wildman–Crippen LogP) is 2.67. The van der Waals surface area contributed by atoms with Crippen LogP contribution in [0.5, 0.6) is 0 Å². The Morgan fingerprint density at radius 3 is 2.78 bits per heavy atom. The monoisotopic (exact) mass is 120 g/mol. The minimum absolute atomic E-state index is 0.922. The molecular formula is C9H12. The van der Waals surface area contributed by atoms with E-state index in [-0.39, 0.29) is 0 Å². The van der Waals surface area contributed by atoms with Gasteiger partial charge in [0.25, 0.3) is 0 Å². The van der Waals surface area contributed by atoms with E-state index in [9.17, 15) is 0 Å². The maximum atomic E-state index is 3.74. The maximum absolute atomic E-state index is 3.74. The van der Waals surface area contributed by atoms with Crippen LogP contribution in [0.2, 0.25) is 0 Å². The van der Waals surface area contributed by atoms with Gasteiger partial charge in [0.05, 0.1) is 0 Å². The maximum Gasteiger partial charge on any atom is -0.0129 e. The Labute approximate surface area is 56.3 Å². The molecule has 0 aromatic heterocycles. The standard InChI is InChI=1S/C9H12/c1-2-3-7-6-8-4-5-9(7)8/h2,7H,1,3-6H2. The Morgan fingerprint density at radius 1 is 1.56 bits per heavy atom. The average Bonchev–Trinajstić information content (AvgIpc) is 1.82. The molecule has 0 N–H and O–H groups in total. The van der Waals surface area contributed by atoms with Crippen molar-refractivity contribution >= 4 is 0 Å². The SMILES string of the molecule is C=CCC1CC2=C1CC2. The van der Waals surface area contributed by atoms with Gasteiger partial charge >= 0.3 is 0 Å². The highest BCUT2D eigenvalue weighted by Crippen LogP contribution is 2.49. The van der Waals surface area contributed by atoms with Crippen molar-refractivity contribution in [3.8, 4) is 0 Å². The molecule has 0 radical (unpaired) electrons. The van der Waals surface area contributed by atoms with Gasteiger partial charge in [-0.3, -0.25) is 0 Å². The third-order valence-electron chi connectivity index (χ3n) is 2.59. The smallest absolute Gasteiger partial charge is 0.0129 e. The summed E-state index contributed by atoms with van der Waals surface area (Å²) in [6.45, 7) is 3.74. The van der Waals surface area contributed by atoms with E-state index >= 15 is 0 Å². The summed E-state index contributed by atoms with van der Waals surface area (Å²) < 4.78 is 0. The molecule has 0 saturated carbocycles. The molecule has 0 heterocycles. The molecular weight excluding hydrogens is 108 g/mol. The Balaban J connectivity index is 2.00. The molecule has 2 aliphatic carbocycles. The van der Waals surface area contributed by atoms with Crippen LogP contribution in [0.1, 0.15) is 25.7 Å². The Morgan fingerprint density at radius 2 is 2.44 bits per heavy atom. The number of rotatable bonds is 2. The molecule has 9 heavy (non-hydrogen) atoms. The molecule has 0 spiro atoms. The zero-order valence-electron chi connectivity index (χ0n) is 5.69. The molecule has 0 heteroatoms. The first-order valence-electron chi connectivity index (χ1n) is 3.73. The molecule has 0 nitrogen and oxygen atoms in total. The van der Waals surface area contributed by atoms with E-state index in [1.165, 1.54) is 25.7 Å². The summed E-state index contributed by atoms with van der Waals surface area (Å²) in [6.07, 6.45) is 7.46. The second-order valence-corrected chi connectivity index (χ2v) is 3.05. The quantitative estimate of drug-likeness (QED) is 0.491. The van der Waals surface area contributed by atoms with Gasteiger partial charge in [0.15, 0.2) is 0 Å². The van der Waals surface area contributed by atoms with Crippen LogP contribution >= 0.6 is 0 Å². The van der Waals surface area contributed by atoms with Gasteiger partial charge in [-0.1, -0.05) is 17.2 Å². The fourth-order valence-corrected chi connectivity index (χ4v) is 1.89. The van der Waals surface area contributed by atoms with E-state index in [2.05, 4.69) is 6.58 Å². The van der Waals surface area contributed by atoms with Crippen molar-refractivity contribution in [1.82, 2.24) is 0 Å². The van der Waals surface area contributed by atoms with Gasteiger partial charge in [0.2, 0.25) is 0 Å². The minimum Gasteiger partial charge on any atom is -0.103 e. The summed E-state index contributed by atoms with van der Waals surface area (Å²) in [7, 11) is 0. The number of allylic oxidation sites excluding steroid dienone is 3. The highest BCUT2D eigenvalue weighted by Gasteiger charge is 2.33. The van der Waals surface area contributed by atoms with Crippen LogP contribution in [0.25, 0.3) is 0 Å². The van der Waals surface area contributed by atoms with Gasteiger partial charge in [-0.15, -0.1) is 6.58 Å². The van der Waals surface area contributed by atoms with Gasteiger partial charge in [0.1, 0.15) is 0 Å². The first-order valence-corrected chi connectivity index (χ1v) is 3.73. The van der Waals surface area contributed by atoms with E-state index < -0.39 is 0 Å². The van der Waals surface area contributed by atoms with E-state index in [4.69, 9.17) is 0 Å². The largest absolute Gasteiger partial charge is 0.103 e. The van der Waals surface area contributed by atoms with Crippen molar-refractivity contribution in [1.29, 1.82) is 0 Å². The highest BCUT2D eigenvalue weighted by atomic mass is 14.4. The second kappa shape index (κ2) is 1.73. The van der Waals surface area contributed by atoms with Crippen molar-refractivity contribution in [2.24, 2.45) is 5.92 Å². The lowest BCUT2D eigenvalue weighted by molar-refractivity contribution is 0.438. The molecule has 48 valence electrons. The van der Waals surface area contributed by atoms with Crippen LogP contribution in [-0.4, -0.2) is 0 Å². The fraction of sp³-hybridized carbons (Fsp3) is 0.556.